The Labute approximate surface area is 102 Å². The van der Waals surface area contributed by atoms with E-state index in [-0.39, 0.29) is 0 Å². The molecule has 3 heteroatoms. The number of nitrogens with one attached hydrogen (secondary N) is 1. The second kappa shape index (κ2) is 7.15. The lowest BCUT2D eigenvalue weighted by molar-refractivity contribution is 0.602. The largest absolute Gasteiger partial charge is 0.316 e. The fourth-order valence-corrected chi connectivity index (χ4v) is 2.66. The Morgan fingerprint density at radius 3 is 2.53 bits per heavy atom. The third-order valence-electron chi connectivity index (χ3n) is 2.40. The molecular formula is C12H18ClNS. The van der Waals surface area contributed by atoms with Gasteiger partial charge in [0.05, 0.1) is 0 Å². The van der Waals surface area contributed by atoms with E-state index in [0.29, 0.717) is 6.04 Å². The monoisotopic (exact) mass is 243 g/mol. The first-order valence-electron chi connectivity index (χ1n) is 5.25. The number of benzene rings is 1. The lowest BCUT2D eigenvalue weighted by Gasteiger charge is -2.12. The van der Waals surface area contributed by atoms with E-state index < -0.39 is 0 Å². The molecule has 84 valence electrons. The highest BCUT2D eigenvalue weighted by Gasteiger charge is 2.02. The highest BCUT2D eigenvalue weighted by atomic mass is 35.5. The summed E-state index contributed by atoms with van der Waals surface area (Å²) in [7, 11) is 2.02. The zero-order chi connectivity index (χ0) is 11.1. The molecule has 1 atom stereocenters. The summed E-state index contributed by atoms with van der Waals surface area (Å²) in [6.45, 7) is 2.21. The maximum absolute atomic E-state index is 5.82. The van der Waals surface area contributed by atoms with Crippen molar-refractivity contribution in [3.63, 3.8) is 0 Å². The van der Waals surface area contributed by atoms with E-state index >= 15 is 0 Å². The highest BCUT2D eigenvalue weighted by Crippen LogP contribution is 2.16. The first kappa shape index (κ1) is 12.9. The van der Waals surface area contributed by atoms with Crippen molar-refractivity contribution in [3.8, 4) is 0 Å². The predicted molar refractivity (Wildman–Crippen MR) is 70.8 cm³/mol. The Balaban J connectivity index is 2.28. The van der Waals surface area contributed by atoms with Gasteiger partial charge in [0, 0.05) is 22.6 Å². The number of hydrogen-bond acceptors (Lipinski definition) is 2. The normalized spacial score (nSPS) is 12.7. The first-order valence-corrected chi connectivity index (χ1v) is 6.79. The zero-order valence-corrected chi connectivity index (χ0v) is 10.9. The summed E-state index contributed by atoms with van der Waals surface area (Å²) in [5.74, 6) is 2.23. The molecule has 1 aromatic carbocycles. The third kappa shape index (κ3) is 4.92. The van der Waals surface area contributed by atoms with Crippen molar-refractivity contribution in [1.29, 1.82) is 0 Å². The Bertz CT molecular complexity index is 269. The number of halogens is 1. The minimum atomic E-state index is 0.627. The van der Waals surface area contributed by atoms with Crippen LogP contribution >= 0.6 is 23.4 Å². The van der Waals surface area contributed by atoms with E-state index in [2.05, 4.69) is 24.4 Å². The maximum Gasteiger partial charge on any atom is 0.0406 e. The Morgan fingerprint density at radius 2 is 2.00 bits per heavy atom. The van der Waals surface area contributed by atoms with Gasteiger partial charge in [-0.05, 0) is 31.2 Å². The van der Waals surface area contributed by atoms with Gasteiger partial charge >= 0.3 is 0 Å². The van der Waals surface area contributed by atoms with Gasteiger partial charge in [0.15, 0.2) is 0 Å². The average molecular weight is 244 g/mol. The molecule has 0 saturated heterocycles. The van der Waals surface area contributed by atoms with Crippen LogP contribution in [0.1, 0.15) is 18.9 Å². The summed E-state index contributed by atoms with van der Waals surface area (Å²) < 4.78 is 0. The molecule has 1 aromatic rings. The van der Waals surface area contributed by atoms with Gasteiger partial charge in [-0.15, -0.1) is 0 Å². The number of hydrogen-bond donors (Lipinski definition) is 1. The minimum absolute atomic E-state index is 0.627. The van der Waals surface area contributed by atoms with Crippen molar-refractivity contribution in [1.82, 2.24) is 5.32 Å². The van der Waals surface area contributed by atoms with Crippen molar-refractivity contribution >= 4 is 23.4 Å². The summed E-state index contributed by atoms with van der Waals surface area (Å²) in [4.78, 5) is 0. The molecule has 0 aliphatic carbocycles. The molecule has 0 saturated carbocycles. The molecule has 1 N–H and O–H groups in total. The van der Waals surface area contributed by atoms with Crippen LogP contribution in [0.4, 0.5) is 0 Å². The van der Waals surface area contributed by atoms with Crippen LogP contribution in [0.3, 0.4) is 0 Å². The molecule has 0 bridgehead atoms. The molecule has 0 fully saturated rings. The van der Waals surface area contributed by atoms with E-state index in [9.17, 15) is 0 Å². The highest BCUT2D eigenvalue weighted by molar-refractivity contribution is 7.98. The SMILES string of the molecule is CCC(CSCc1ccc(Cl)cc1)NC. The van der Waals surface area contributed by atoms with Gasteiger partial charge in [-0.1, -0.05) is 30.7 Å². The van der Waals surface area contributed by atoms with Crippen molar-refractivity contribution in [2.24, 2.45) is 0 Å². The second-order valence-electron chi connectivity index (χ2n) is 3.54. The van der Waals surface area contributed by atoms with Gasteiger partial charge in [0.1, 0.15) is 0 Å². The molecule has 0 amide bonds. The van der Waals surface area contributed by atoms with Gasteiger partial charge in [-0.3, -0.25) is 0 Å². The van der Waals surface area contributed by atoms with Gasteiger partial charge in [-0.25, -0.2) is 0 Å². The lowest BCUT2D eigenvalue weighted by Crippen LogP contribution is -2.26. The zero-order valence-electron chi connectivity index (χ0n) is 9.29. The molecule has 1 nitrogen and oxygen atoms in total. The molecule has 0 heterocycles. The van der Waals surface area contributed by atoms with Crippen LogP contribution in [0.5, 0.6) is 0 Å². The van der Waals surface area contributed by atoms with Gasteiger partial charge in [0.2, 0.25) is 0 Å². The topological polar surface area (TPSA) is 12.0 Å². The molecule has 1 unspecified atom stereocenters. The average Bonchev–Trinajstić information content (AvgIpc) is 2.27. The molecule has 0 radical (unpaired) electrons. The van der Waals surface area contributed by atoms with Gasteiger partial charge in [0.25, 0.3) is 0 Å². The van der Waals surface area contributed by atoms with Crippen molar-refractivity contribution in [2.45, 2.75) is 25.1 Å². The van der Waals surface area contributed by atoms with E-state index in [1.54, 1.807) is 0 Å². The maximum atomic E-state index is 5.82. The van der Waals surface area contributed by atoms with E-state index in [0.717, 1.165) is 16.5 Å². The fourth-order valence-electron chi connectivity index (χ4n) is 1.30. The van der Waals surface area contributed by atoms with Crippen LogP contribution < -0.4 is 5.32 Å². The molecule has 15 heavy (non-hydrogen) atoms. The molecule has 1 rings (SSSR count). The molecule has 0 spiro atoms. The van der Waals surface area contributed by atoms with Gasteiger partial charge < -0.3 is 5.32 Å². The summed E-state index contributed by atoms with van der Waals surface area (Å²) in [6.07, 6.45) is 1.18. The van der Waals surface area contributed by atoms with Crippen molar-refractivity contribution in [3.05, 3.63) is 34.9 Å². The number of thioether (sulfide) groups is 1. The standard InChI is InChI=1S/C12H18ClNS/c1-3-12(14-2)9-15-8-10-4-6-11(13)7-5-10/h4-7,12,14H,3,8-9H2,1-2H3. The quantitative estimate of drug-likeness (QED) is 0.820. The first-order chi connectivity index (χ1) is 7.26. The van der Waals surface area contributed by atoms with Gasteiger partial charge in [-0.2, -0.15) is 11.8 Å². The second-order valence-corrected chi connectivity index (χ2v) is 5.00. The summed E-state index contributed by atoms with van der Waals surface area (Å²) in [5.41, 5.74) is 1.34. The van der Waals surface area contributed by atoms with Crippen LogP contribution in [-0.2, 0) is 5.75 Å². The molecule has 0 aliphatic rings. The molecular weight excluding hydrogens is 226 g/mol. The van der Waals surface area contributed by atoms with E-state index in [4.69, 9.17) is 11.6 Å². The predicted octanol–water partition coefficient (Wildman–Crippen LogP) is 3.57. The van der Waals surface area contributed by atoms with Crippen LogP contribution in [0.15, 0.2) is 24.3 Å². The van der Waals surface area contributed by atoms with E-state index in [1.807, 2.05) is 30.9 Å². The molecule has 0 aliphatic heterocycles. The van der Waals surface area contributed by atoms with Crippen LogP contribution in [0.2, 0.25) is 5.02 Å². The fraction of sp³-hybridized carbons (Fsp3) is 0.500. The van der Waals surface area contributed by atoms with Crippen LogP contribution in [-0.4, -0.2) is 18.8 Å². The van der Waals surface area contributed by atoms with Crippen LogP contribution in [0, 0.1) is 0 Å². The lowest BCUT2D eigenvalue weighted by atomic mass is 10.2. The summed E-state index contributed by atoms with van der Waals surface area (Å²) >= 11 is 7.79. The Kier molecular flexibility index (Phi) is 6.15. The van der Waals surface area contributed by atoms with Crippen molar-refractivity contribution in [2.75, 3.05) is 12.8 Å². The van der Waals surface area contributed by atoms with Crippen LogP contribution in [0.25, 0.3) is 0 Å². The summed E-state index contributed by atoms with van der Waals surface area (Å²) in [6, 6.07) is 8.72. The molecule has 0 aromatic heterocycles. The minimum Gasteiger partial charge on any atom is -0.316 e. The van der Waals surface area contributed by atoms with Crippen molar-refractivity contribution < 1.29 is 0 Å². The number of rotatable bonds is 6. The summed E-state index contributed by atoms with van der Waals surface area (Å²) in [5, 5.41) is 4.12. The Morgan fingerprint density at radius 1 is 1.33 bits per heavy atom. The Hall–Kier alpha value is -0.180. The smallest absolute Gasteiger partial charge is 0.0406 e. The third-order valence-corrected chi connectivity index (χ3v) is 3.83. The van der Waals surface area contributed by atoms with E-state index in [1.165, 1.54) is 12.0 Å².